The van der Waals surface area contributed by atoms with Gasteiger partial charge in [0.15, 0.2) is 0 Å². The minimum absolute atomic E-state index is 0.171. The van der Waals surface area contributed by atoms with E-state index < -0.39 is 5.60 Å². The van der Waals surface area contributed by atoms with Gasteiger partial charge >= 0.3 is 6.09 Å². The van der Waals surface area contributed by atoms with Crippen molar-refractivity contribution >= 4 is 6.09 Å². The van der Waals surface area contributed by atoms with Crippen molar-refractivity contribution in [3.8, 4) is 6.07 Å². The van der Waals surface area contributed by atoms with Crippen LogP contribution in [0.15, 0.2) is 0 Å². The van der Waals surface area contributed by atoms with E-state index in [1.165, 1.54) is 0 Å². The van der Waals surface area contributed by atoms with Crippen LogP contribution in [0.2, 0.25) is 0 Å². The molecule has 1 N–H and O–H groups in total. The van der Waals surface area contributed by atoms with E-state index in [2.05, 4.69) is 11.4 Å². The van der Waals surface area contributed by atoms with Crippen LogP contribution in [0.3, 0.4) is 0 Å². The number of rotatable bonds is 3. The standard InChI is InChI=1S/C17H29N3O2/c1-16(2,3)22-15(21)20-13-6-7-14(20)9-12(8-13)19-11-17(4,5)10-18/h12-14,19H,6-9,11H2,1-5H3. The average molecular weight is 307 g/mol. The number of fused-ring (bicyclic) bond motifs is 2. The maximum atomic E-state index is 12.4. The lowest BCUT2D eigenvalue weighted by atomic mass is 9.93. The first-order valence-corrected chi connectivity index (χ1v) is 8.27. The fraction of sp³-hybridized carbons (Fsp3) is 0.882. The molecular formula is C17H29N3O2. The van der Waals surface area contributed by atoms with Crippen LogP contribution in [0, 0.1) is 16.7 Å². The molecule has 1 amide bonds. The maximum absolute atomic E-state index is 12.4. The van der Waals surface area contributed by atoms with Crippen LogP contribution >= 0.6 is 0 Å². The van der Waals surface area contributed by atoms with Gasteiger partial charge in [0.1, 0.15) is 5.60 Å². The molecule has 124 valence electrons. The van der Waals surface area contributed by atoms with E-state index in [-0.39, 0.29) is 23.6 Å². The Kier molecular flexibility index (Phi) is 4.72. The van der Waals surface area contributed by atoms with Crippen LogP contribution in [0.5, 0.6) is 0 Å². The molecule has 5 heteroatoms. The zero-order valence-electron chi connectivity index (χ0n) is 14.5. The van der Waals surface area contributed by atoms with Gasteiger partial charge in [-0.2, -0.15) is 5.26 Å². The maximum Gasteiger partial charge on any atom is 0.410 e. The Morgan fingerprint density at radius 3 is 2.23 bits per heavy atom. The number of nitrogens with one attached hydrogen (secondary N) is 1. The van der Waals surface area contributed by atoms with Gasteiger partial charge in [0.25, 0.3) is 0 Å². The first-order valence-electron chi connectivity index (χ1n) is 8.27. The summed E-state index contributed by atoms with van der Waals surface area (Å²) in [4.78, 5) is 14.3. The molecule has 2 heterocycles. The van der Waals surface area contributed by atoms with Crippen molar-refractivity contribution in [1.29, 1.82) is 5.26 Å². The molecule has 5 nitrogen and oxygen atoms in total. The summed E-state index contributed by atoms with van der Waals surface area (Å²) in [6.45, 7) is 10.3. The minimum Gasteiger partial charge on any atom is -0.444 e. The molecule has 2 bridgehead atoms. The van der Waals surface area contributed by atoms with E-state index in [0.717, 1.165) is 25.7 Å². The molecule has 0 aromatic carbocycles. The topological polar surface area (TPSA) is 65.4 Å². The lowest BCUT2D eigenvalue weighted by molar-refractivity contribution is 0.00450. The monoisotopic (exact) mass is 307 g/mol. The minimum atomic E-state index is -0.442. The molecule has 2 aliphatic heterocycles. The van der Waals surface area contributed by atoms with Gasteiger partial charge in [-0.15, -0.1) is 0 Å². The zero-order valence-corrected chi connectivity index (χ0v) is 14.5. The van der Waals surface area contributed by atoms with E-state index >= 15 is 0 Å². The Morgan fingerprint density at radius 2 is 1.77 bits per heavy atom. The Hall–Kier alpha value is -1.28. The molecule has 2 saturated heterocycles. The lowest BCUT2D eigenvalue weighted by Gasteiger charge is -2.40. The summed E-state index contributed by atoms with van der Waals surface area (Å²) in [6.07, 6.45) is 3.86. The Balaban J connectivity index is 1.92. The first-order chi connectivity index (χ1) is 10.1. The molecule has 0 aromatic heterocycles. The summed E-state index contributed by atoms with van der Waals surface area (Å²) in [5.41, 5.74) is -0.788. The number of ether oxygens (including phenoxy) is 1. The van der Waals surface area contributed by atoms with E-state index in [0.29, 0.717) is 12.6 Å². The number of nitriles is 1. The largest absolute Gasteiger partial charge is 0.444 e. The van der Waals surface area contributed by atoms with Crippen molar-refractivity contribution in [2.24, 2.45) is 5.41 Å². The predicted molar refractivity (Wildman–Crippen MR) is 85.3 cm³/mol. The van der Waals surface area contributed by atoms with E-state index in [1.54, 1.807) is 0 Å². The second-order valence-corrected chi connectivity index (χ2v) is 8.32. The molecule has 2 unspecified atom stereocenters. The third-order valence-electron chi connectivity index (χ3n) is 4.47. The molecule has 0 aromatic rings. The molecule has 2 fully saturated rings. The summed E-state index contributed by atoms with van der Waals surface area (Å²) >= 11 is 0. The number of nitrogens with zero attached hydrogens (tertiary/aromatic N) is 2. The van der Waals surface area contributed by atoms with Gasteiger partial charge in [-0.25, -0.2) is 4.79 Å². The predicted octanol–water partition coefficient (Wildman–Crippen LogP) is 3.06. The van der Waals surface area contributed by atoms with Crippen LogP contribution in [-0.2, 0) is 4.74 Å². The fourth-order valence-corrected chi connectivity index (χ4v) is 3.40. The van der Waals surface area contributed by atoms with E-state index in [4.69, 9.17) is 10.00 Å². The summed E-state index contributed by atoms with van der Waals surface area (Å²) in [5, 5.41) is 12.6. The van der Waals surface area contributed by atoms with Crippen molar-refractivity contribution < 1.29 is 9.53 Å². The van der Waals surface area contributed by atoms with Crippen molar-refractivity contribution in [2.45, 2.75) is 84.0 Å². The molecule has 2 aliphatic rings. The normalized spacial score (nSPS) is 28.4. The van der Waals surface area contributed by atoms with Crippen molar-refractivity contribution in [1.82, 2.24) is 10.2 Å². The number of hydrogen-bond acceptors (Lipinski definition) is 4. The molecule has 0 spiro atoms. The molecule has 22 heavy (non-hydrogen) atoms. The zero-order chi connectivity index (χ0) is 16.5. The van der Waals surface area contributed by atoms with Crippen LogP contribution in [-0.4, -0.2) is 41.3 Å². The highest BCUT2D eigenvalue weighted by molar-refractivity contribution is 5.69. The van der Waals surface area contributed by atoms with Crippen LogP contribution < -0.4 is 5.32 Å². The summed E-state index contributed by atoms with van der Waals surface area (Å²) in [5.74, 6) is 0. The van der Waals surface area contributed by atoms with Crippen LogP contribution in [0.25, 0.3) is 0 Å². The third kappa shape index (κ3) is 4.13. The number of hydrogen-bond donors (Lipinski definition) is 1. The summed E-state index contributed by atoms with van der Waals surface area (Å²) in [6, 6.07) is 3.27. The molecule has 0 radical (unpaired) electrons. The Morgan fingerprint density at radius 1 is 1.23 bits per heavy atom. The second kappa shape index (κ2) is 6.08. The van der Waals surface area contributed by atoms with Crippen molar-refractivity contribution in [3.63, 3.8) is 0 Å². The molecule has 2 rings (SSSR count). The van der Waals surface area contributed by atoms with Crippen LogP contribution in [0.1, 0.15) is 60.3 Å². The molecule has 0 aliphatic carbocycles. The molecule has 0 saturated carbocycles. The van der Waals surface area contributed by atoms with Gasteiger partial charge in [-0.3, -0.25) is 0 Å². The van der Waals surface area contributed by atoms with Crippen molar-refractivity contribution in [3.05, 3.63) is 0 Å². The van der Waals surface area contributed by atoms with Gasteiger partial charge in [-0.05, 0) is 60.3 Å². The SMILES string of the molecule is CC(C)(C#N)CNC1CC2CCC(C1)N2C(=O)OC(C)(C)C. The van der Waals surface area contributed by atoms with Gasteiger partial charge < -0.3 is 15.0 Å². The van der Waals surface area contributed by atoms with E-state index in [9.17, 15) is 4.79 Å². The highest BCUT2D eigenvalue weighted by atomic mass is 16.6. The van der Waals surface area contributed by atoms with Gasteiger partial charge in [-0.1, -0.05) is 0 Å². The molecular weight excluding hydrogens is 278 g/mol. The third-order valence-corrected chi connectivity index (χ3v) is 4.47. The quantitative estimate of drug-likeness (QED) is 0.870. The van der Waals surface area contributed by atoms with Crippen molar-refractivity contribution in [2.75, 3.05) is 6.54 Å². The molecule has 2 atom stereocenters. The highest BCUT2D eigenvalue weighted by Gasteiger charge is 2.44. The Labute approximate surface area is 134 Å². The van der Waals surface area contributed by atoms with E-state index in [1.807, 2.05) is 39.5 Å². The lowest BCUT2D eigenvalue weighted by Crippen LogP contribution is -2.53. The Bertz CT molecular complexity index is 448. The number of piperidine rings is 1. The number of amides is 1. The fourth-order valence-electron chi connectivity index (χ4n) is 3.40. The summed E-state index contributed by atoms with van der Waals surface area (Å²) < 4.78 is 5.55. The van der Waals surface area contributed by atoms with Gasteiger partial charge in [0, 0.05) is 24.7 Å². The van der Waals surface area contributed by atoms with Gasteiger partial charge in [0.05, 0.1) is 11.5 Å². The smallest absolute Gasteiger partial charge is 0.410 e. The first kappa shape index (κ1) is 17.1. The summed E-state index contributed by atoms with van der Waals surface area (Å²) in [7, 11) is 0. The highest BCUT2D eigenvalue weighted by Crippen LogP contribution is 2.37. The second-order valence-electron chi connectivity index (χ2n) is 8.32. The van der Waals surface area contributed by atoms with Crippen LogP contribution in [0.4, 0.5) is 4.79 Å². The van der Waals surface area contributed by atoms with Gasteiger partial charge in [0.2, 0.25) is 0 Å². The number of carbonyl (C=O) groups excluding carboxylic acids is 1. The average Bonchev–Trinajstić information content (AvgIpc) is 2.66. The number of carbonyl (C=O) groups is 1.